The first kappa shape index (κ1) is 18.9. The Balaban J connectivity index is 0.00000192. The molecule has 7 heteroatoms. The van der Waals surface area contributed by atoms with Gasteiger partial charge in [0.1, 0.15) is 6.04 Å². The second kappa shape index (κ2) is 9.79. The SMILES string of the molecule is Cl.O=C(C1COCCN1)N1CCC(OCC2CCCCO2)CC1. The summed E-state index contributed by atoms with van der Waals surface area (Å²) in [4.78, 5) is 14.3. The number of ether oxygens (including phenoxy) is 3. The molecule has 3 rings (SSSR count). The minimum absolute atomic E-state index is 0. The molecule has 1 amide bonds. The summed E-state index contributed by atoms with van der Waals surface area (Å²) in [6.07, 6.45) is 5.93. The van der Waals surface area contributed by atoms with Gasteiger partial charge in [0.05, 0.1) is 32.0 Å². The first-order valence-corrected chi connectivity index (χ1v) is 8.66. The van der Waals surface area contributed by atoms with Crippen molar-refractivity contribution < 1.29 is 19.0 Å². The van der Waals surface area contributed by atoms with Gasteiger partial charge in [-0.05, 0) is 32.1 Å². The van der Waals surface area contributed by atoms with Crippen LogP contribution in [0.3, 0.4) is 0 Å². The number of piperidine rings is 1. The van der Waals surface area contributed by atoms with Crippen LogP contribution in [0.2, 0.25) is 0 Å². The van der Waals surface area contributed by atoms with Crippen molar-refractivity contribution >= 4 is 18.3 Å². The van der Waals surface area contributed by atoms with E-state index in [9.17, 15) is 4.79 Å². The van der Waals surface area contributed by atoms with E-state index in [2.05, 4.69) is 5.32 Å². The number of nitrogens with zero attached hydrogens (tertiary/aromatic N) is 1. The maximum absolute atomic E-state index is 12.4. The third-order valence-electron chi connectivity index (χ3n) is 4.77. The average Bonchev–Trinajstić information content (AvgIpc) is 2.61. The van der Waals surface area contributed by atoms with Crippen molar-refractivity contribution in [3.05, 3.63) is 0 Å². The number of likely N-dealkylation sites (tertiary alicyclic amines) is 1. The normalized spacial score (nSPS) is 29.8. The van der Waals surface area contributed by atoms with Crippen LogP contribution in [0.15, 0.2) is 0 Å². The number of rotatable bonds is 4. The van der Waals surface area contributed by atoms with E-state index in [1.54, 1.807) is 0 Å². The maximum Gasteiger partial charge on any atom is 0.242 e. The fraction of sp³-hybridized carbons (Fsp3) is 0.938. The fourth-order valence-corrected chi connectivity index (χ4v) is 3.37. The van der Waals surface area contributed by atoms with Crippen LogP contribution in [0.1, 0.15) is 32.1 Å². The van der Waals surface area contributed by atoms with E-state index in [4.69, 9.17) is 14.2 Å². The van der Waals surface area contributed by atoms with Crippen molar-refractivity contribution in [2.45, 2.75) is 50.4 Å². The smallest absolute Gasteiger partial charge is 0.242 e. The van der Waals surface area contributed by atoms with Gasteiger partial charge in [0.15, 0.2) is 0 Å². The number of hydrogen-bond acceptors (Lipinski definition) is 5. The lowest BCUT2D eigenvalue weighted by Crippen LogP contribution is -2.54. The first-order valence-electron chi connectivity index (χ1n) is 8.66. The molecule has 1 N–H and O–H groups in total. The average molecular weight is 349 g/mol. The third kappa shape index (κ3) is 5.57. The lowest BCUT2D eigenvalue weighted by Gasteiger charge is -2.35. The number of hydrogen-bond donors (Lipinski definition) is 1. The van der Waals surface area contributed by atoms with Gasteiger partial charge in [-0.25, -0.2) is 0 Å². The molecule has 0 aliphatic carbocycles. The summed E-state index contributed by atoms with van der Waals surface area (Å²) in [5.74, 6) is 0.175. The van der Waals surface area contributed by atoms with Crippen LogP contribution < -0.4 is 5.32 Å². The molecule has 6 nitrogen and oxygen atoms in total. The predicted octanol–water partition coefficient (Wildman–Crippen LogP) is 0.973. The molecule has 0 aromatic heterocycles. The molecule has 3 fully saturated rings. The number of morpholine rings is 1. The zero-order valence-corrected chi connectivity index (χ0v) is 14.5. The molecule has 0 saturated carbocycles. The molecular weight excluding hydrogens is 320 g/mol. The summed E-state index contributed by atoms with van der Waals surface area (Å²) >= 11 is 0. The predicted molar refractivity (Wildman–Crippen MR) is 89.0 cm³/mol. The van der Waals surface area contributed by atoms with Gasteiger partial charge in [-0.2, -0.15) is 0 Å². The van der Waals surface area contributed by atoms with E-state index in [-0.39, 0.29) is 36.6 Å². The van der Waals surface area contributed by atoms with Gasteiger partial charge < -0.3 is 24.4 Å². The summed E-state index contributed by atoms with van der Waals surface area (Å²) in [6.45, 7) is 5.10. The van der Waals surface area contributed by atoms with Crippen molar-refractivity contribution in [1.29, 1.82) is 0 Å². The Labute approximate surface area is 144 Å². The molecule has 0 aromatic carbocycles. The Morgan fingerprint density at radius 3 is 2.65 bits per heavy atom. The molecule has 0 spiro atoms. The highest BCUT2D eigenvalue weighted by Crippen LogP contribution is 2.18. The molecule has 0 aromatic rings. The minimum atomic E-state index is -0.165. The number of nitrogens with one attached hydrogen (secondary N) is 1. The topological polar surface area (TPSA) is 60.0 Å². The van der Waals surface area contributed by atoms with Crippen LogP contribution >= 0.6 is 12.4 Å². The van der Waals surface area contributed by atoms with Gasteiger partial charge in [-0.3, -0.25) is 4.79 Å². The molecule has 3 saturated heterocycles. The first-order chi connectivity index (χ1) is 10.8. The van der Waals surface area contributed by atoms with E-state index in [1.807, 2.05) is 4.90 Å². The molecular formula is C16H29ClN2O4. The van der Waals surface area contributed by atoms with Gasteiger partial charge in [-0.15, -0.1) is 12.4 Å². The number of halogens is 1. The molecule has 3 heterocycles. The van der Waals surface area contributed by atoms with Gasteiger partial charge >= 0.3 is 0 Å². The van der Waals surface area contributed by atoms with Crippen molar-refractivity contribution in [1.82, 2.24) is 10.2 Å². The second-order valence-corrected chi connectivity index (χ2v) is 6.43. The zero-order valence-electron chi connectivity index (χ0n) is 13.7. The van der Waals surface area contributed by atoms with E-state index >= 15 is 0 Å². The zero-order chi connectivity index (χ0) is 15.2. The van der Waals surface area contributed by atoms with Gasteiger partial charge in [0.2, 0.25) is 5.91 Å². The summed E-state index contributed by atoms with van der Waals surface area (Å²) in [7, 11) is 0. The van der Waals surface area contributed by atoms with Crippen LogP contribution in [-0.2, 0) is 19.0 Å². The number of amides is 1. The van der Waals surface area contributed by atoms with Crippen molar-refractivity contribution in [3.63, 3.8) is 0 Å². The Morgan fingerprint density at radius 1 is 1.17 bits per heavy atom. The van der Waals surface area contributed by atoms with E-state index in [1.165, 1.54) is 12.8 Å². The van der Waals surface area contributed by atoms with Gasteiger partial charge in [0.25, 0.3) is 0 Å². The number of carbonyl (C=O) groups is 1. The Bertz CT molecular complexity index is 352. The van der Waals surface area contributed by atoms with E-state index in [0.29, 0.717) is 19.8 Å². The Kier molecular flexibility index (Phi) is 8.06. The summed E-state index contributed by atoms with van der Waals surface area (Å²) in [5, 5.41) is 3.23. The highest BCUT2D eigenvalue weighted by atomic mass is 35.5. The highest BCUT2D eigenvalue weighted by Gasteiger charge is 2.30. The monoisotopic (exact) mass is 348 g/mol. The third-order valence-corrected chi connectivity index (χ3v) is 4.77. The van der Waals surface area contributed by atoms with E-state index in [0.717, 1.165) is 45.5 Å². The van der Waals surface area contributed by atoms with Crippen LogP contribution in [0.25, 0.3) is 0 Å². The van der Waals surface area contributed by atoms with Crippen molar-refractivity contribution in [2.75, 3.05) is 46.1 Å². The minimum Gasteiger partial charge on any atom is -0.378 e. The van der Waals surface area contributed by atoms with Crippen molar-refractivity contribution in [2.24, 2.45) is 0 Å². The fourth-order valence-electron chi connectivity index (χ4n) is 3.37. The highest BCUT2D eigenvalue weighted by molar-refractivity contribution is 5.85. The molecule has 0 radical (unpaired) electrons. The lowest BCUT2D eigenvalue weighted by molar-refractivity contribution is -0.139. The second-order valence-electron chi connectivity index (χ2n) is 6.43. The lowest BCUT2D eigenvalue weighted by atomic mass is 10.1. The molecule has 2 unspecified atom stereocenters. The van der Waals surface area contributed by atoms with Crippen LogP contribution in [-0.4, -0.2) is 75.1 Å². The molecule has 134 valence electrons. The quantitative estimate of drug-likeness (QED) is 0.820. The van der Waals surface area contributed by atoms with Gasteiger partial charge in [-0.1, -0.05) is 0 Å². The Hall–Kier alpha value is -0.400. The summed E-state index contributed by atoms with van der Waals surface area (Å²) in [6, 6.07) is -0.165. The van der Waals surface area contributed by atoms with Crippen LogP contribution in [0, 0.1) is 0 Å². The molecule has 3 aliphatic heterocycles. The Morgan fingerprint density at radius 2 is 2.00 bits per heavy atom. The summed E-state index contributed by atoms with van der Waals surface area (Å²) in [5.41, 5.74) is 0. The van der Waals surface area contributed by atoms with Crippen LogP contribution in [0.4, 0.5) is 0 Å². The van der Waals surface area contributed by atoms with Crippen LogP contribution in [0.5, 0.6) is 0 Å². The summed E-state index contributed by atoms with van der Waals surface area (Å²) < 4.78 is 17.1. The largest absolute Gasteiger partial charge is 0.378 e. The molecule has 23 heavy (non-hydrogen) atoms. The molecule has 2 atom stereocenters. The molecule has 0 bridgehead atoms. The van der Waals surface area contributed by atoms with E-state index < -0.39 is 0 Å². The molecule has 3 aliphatic rings. The van der Waals surface area contributed by atoms with Crippen molar-refractivity contribution in [3.8, 4) is 0 Å². The maximum atomic E-state index is 12.4. The number of carbonyl (C=O) groups excluding carboxylic acids is 1. The van der Waals surface area contributed by atoms with Gasteiger partial charge in [0, 0.05) is 26.2 Å². The standard InChI is InChI=1S/C16H28N2O4.ClH/c19-16(15-12-20-10-6-17-15)18-7-4-13(5-8-18)22-11-14-3-1-2-9-21-14;/h13-15,17H,1-12H2;1H.